The predicted octanol–water partition coefficient (Wildman–Crippen LogP) is 3.45. The highest BCUT2D eigenvalue weighted by Crippen LogP contribution is 2.17. The lowest BCUT2D eigenvalue weighted by Gasteiger charge is -2.35. The van der Waals surface area contributed by atoms with Gasteiger partial charge in [0.05, 0.1) is 0 Å². The van der Waals surface area contributed by atoms with Crippen molar-refractivity contribution < 1.29 is 4.79 Å². The Morgan fingerprint density at radius 3 is 2.41 bits per heavy atom. The lowest BCUT2D eigenvalue weighted by Crippen LogP contribution is -2.47. The highest BCUT2D eigenvalue weighted by Gasteiger charge is 2.20. The van der Waals surface area contributed by atoms with Crippen molar-refractivity contribution in [2.75, 3.05) is 32.7 Å². The molecule has 0 aliphatic carbocycles. The largest absolute Gasteiger partial charge is 0.337 e. The number of piperidine rings is 1. The van der Waals surface area contributed by atoms with Gasteiger partial charge in [0.2, 0.25) is 0 Å². The number of likely N-dealkylation sites (tertiary alicyclic amines) is 1. The zero-order chi connectivity index (χ0) is 19.6. The van der Waals surface area contributed by atoms with Gasteiger partial charge in [-0.1, -0.05) is 45.0 Å². The molecule has 1 aromatic rings. The van der Waals surface area contributed by atoms with E-state index >= 15 is 0 Å². The Kier molecular flexibility index (Phi) is 9.08. The fourth-order valence-corrected chi connectivity index (χ4v) is 3.65. The molecule has 1 saturated heterocycles. The second kappa shape index (κ2) is 11.3. The van der Waals surface area contributed by atoms with Crippen molar-refractivity contribution in [1.82, 2.24) is 20.4 Å². The molecule has 1 aromatic carbocycles. The zero-order valence-corrected chi connectivity index (χ0v) is 17.6. The zero-order valence-electron chi connectivity index (χ0n) is 17.6. The summed E-state index contributed by atoms with van der Waals surface area (Å²) in [6.07, 6.45) is 2.53. The summed E-state index contributed by atoms with van der Waals surface area (Å²) in [5, 5.41) is 6.07. The van der Waals surface area contributed by atoms with Gasteiger partial charge in [0, 0.05) is 25.7 Å². The topological polar surface area (TPSA) is 47.6 Å². The Morgan fingerprint density at radius 2 is 1.78 bits per heavy atom. The van der Waals surface area contributed by atoms with Gasteiger partial charge in [-0.15, -0.1) is 0 Å². The van der Waals surface area contributed by atoms with Crippen molar-refractivity contribution in [3.8, 4) is 0 Å². The number of carbonyl (C=O) groups is 1. The van der Waals surface area contributed by atoms with Crippen molar-refractivity contribution in [2.45, 2.75) is 59.7 Å². The molecule has 1 heterocycles. The predicted molar refractivity (Wildman–Crippen MR) is 113 cm³/mol. The number of nitrogens with zero attached hydrogens (tertiary/aromatic N) is 2. The third-order valence-electron chi connectivity index (χ3n) is 5.85. The second-order valence-corrected chi connectivity index (χ2v) is 7.86. The van der Waals surface area contributed by atoms with Gasteiger partial charge in [-0.05, 0) is 63.0 Å². The molecule has 152 valence electrons. The number of amides is 2. The van der Waals surface area contributed by atoms with E-state index in [1.165, 1.54) is 24.0 Å². The maximum atomic E-state index is 12.3. The molecule has 5 heteroatoms. The standard InChI is InChI=1S/C22H38N4O/c1-5-25(6-2)17-21-10-8-7-9-20(21)16-24-22(27)23-15-19(4)26-13-11-18(3)12-14-26/h7-10,18-19H,5-6,11-17H2,1-4H3,(H2,23,24,27). The van der Waals surface area contributed by atoms with Crippen molar-refractivity contribution in [3.63, 3.8) is 0 Å². The van der Waals surface area contributed by atoms with Crippen LogP contribution in [-0.4, -0.2) is 54.6 Å². The van der Waals surface area contributed by atoms with Crippen molar-refractivity contribution in [3.05, 3.63) is 35.4 Å². The monoisotopic (exact) mass is 374 g/mol. The molecule has 0 bridgehead atoms. The van der Waals surface area contributed by atoms with E-state index in [4.69, 9.17) is 0 Å². The molecule has 1 atom stereocenters. The fourth-order valence-electron chi connectivity index (χ4n) is 3.65. The number of hydrogen-bond donors (Lipinski definition) is 2. The first-order chi connectivity index (χ1) is 13.0. The summed E-state index contributed by atoms with van der Waals surface area (Å²) < 4.78 is 0. The van der Waals surface area contributed by atoms with E-state index in [0.29, 0.717) is 19.1 Å². The first kappa shape index (κ1) is 21.7. The number of rotatable bonds is 9. The van der Waals surface area contributed by atoms with Gasteiger partial charge in [0.25, 0.3) is 0 Å². The summed E-state index contributed by atoms with van der Waals surface area (Å²) in [6, 6.07) is 8.69. The third kappa shape index (κ3) is 7.15. The molecule has 0 aromatic heterocycles. The van der Waals surface area contributed by atoms with Crippen LogP contribution in [-0.2, 0) is 13.1 Å². The van der Waals surface area contributed by atoms with Crippen molar-refractivity contribution >= 4 is 6.03 Å². The van der Waals surface area contributed by atoms with Crippen LogP contribution in [0.25, 0.3) is 0 Å². The second-order valence-electron chi connectivity index (χ2n) is 7.86. The van der Waals surface area contributed by atoms with Gasteiger partial charge in [0.1, 0.15) is 0 Å². The van der Waals surface area contributed by atoms with E-state index in [2.05, 4.69) is 66.3 Å². The average Bonchev–Trinajstić information content (AvgIpc) is 2.69. The lowest BCUT2D eigenvalue weighted by atomic mass is 9.98. The van der Waals surface area contributed by atoms with Gasteiger partial charge in [0.15, 0.2) is 0 Å². The van der Waals surface area contributed by atoms with Crippen LogP contribution in [0.15, 0.2) is 24.3 Å². The maximum absolute atomic E-state index is 12.3. The number of carbonyl (C=O) groups excluding carboxylic acids is 1. The summed E-state index contributed by atoms with van der Waals surface area (Å²) >= 11 is 0. The van der Waals surface area contributed by atoms with Gasteiger partial charge >= 0.3 is 6.03 Å². The summed E-state index contributed by atoms with van der Waals surface area (Å²) in [5.41, 5.74) is 2.48. The quantitative estimate of drug-likeness (QED) is 0.696. The molecule has 2 rings (SSSR count). The molecule has 1 aliphatic heterocycles. The number of hydrogen-bond acceptors (Lipinski definition) is 3. The fraction of sp³-hybridized carbons (Fsp3) is 0.682. The van der Waals surface area contributed by atoms with Gasteiger partial charge in [-0.25, -0.2) is 4.79 Å². The highest BCUT2D eigenvalue weighted by molar-refractivity contribution is 5.73. The molecule has 27 heavy (non-hydrogen) atoms. The van der Waals surface area contributed by atoms with E-state index in [-0.39, 0.29) is 6.03 Å². The molecular formula is C22H38N4O. The summed E-state index contributed by atoms with van der Waals surface area (Å²) in [4.78, 5) is 17.1. The van der Waals surface area contributed by atoms with Crippen molar-refractivity contribution in [1.29, 1.82) is 0 Å². The smallest absolute Gasteiger partial charge is 0.315 e. The number of urea groups is 1. The molecule has 0 spiro atoms. The number of benzene rings is 1. The Balaban J connectivity index is 1.77. The van der Waals surface area contributed by atoms with Crippen LogP contribution in [0.5, 0.6) is 0 Å². The van der Waals surface area contributed by atoms with Crippen LogP contribution in [0.1, 0.15) is 51.7 Å². The minimum Gasteiger partial charge on any atom is -0.337 e. The van der Waals surface area contributed by atoms with E-state index in [1.54, 1.807) is 0 Å². The van der Waals surface area contributed by atoms with Crippen molar-refractivity contribution in [2.24, 2.45) is 5.92 Å². The summed E-state index contributed by atoms with van der Waals surface area (Å²) in [5.74, 6) is 0.834. The van der Waals surface area contributed by atoms with E-state index in [1.807, 2.05) is 6.07 Å². The molecule has 5 nitrogen and oxygen atoms in total. The Labute approximate surface area is 165 Å². The van der Waals surface area contributed by atoms with Crippen LogP contribution < -0.4 is 10.6 Å². The molecule has 1 unspecified atom stereocenters. The van der Waals surface area contributed by atoms with Crippen LogP contribution in [0.2, 0.25) is 0 Å². The summed E-state index contributed by atoms with van der Waals surface area (Å²) in [6.45, 7) is 15.4. The van der Waals surface area contributed by atoms with Gasteiger partial charge < -0.3 is 10.6 Å². The summed E-state index contributed by atoms with van der Waals surface area (Å²) in [7, 11) is 0. The molecule has 0 radical (unpaired) electrons. The van der Waals surface area contributed by atoms with Crippen LogP contribution in [0.4, 0.5) is 4.79 Å². The first-order valence-corrected chi connectivity index (χ1v) is 10.6. The maximum Gasteiger partial charge on any atom is 0.315 e. The molecule has 2 N–H and O–H groups in total. The van der Waals surface area contributed by atoms with Crippen LogP contribution >= 0.6 is 0 Å². The SMILES string of the molecule is CCN(CC)Cc1ccccc1CNC(=O)NCC(C)N1CCC(C)CC1. The van der Waals surface area contributed by atoms with Gasteiger partial charge in [-0.2, -0.15) is 0 Å². The molecule has 0 saturated carbocycles. The number of nitrogens with one attached hydrogen (secondary N) is 2. The highest BCUT2D eigenvalue weighted by atomic mass is 16.2. The Morgan fingerprint density at radius 1 is 1.15 bits per heavy atom. The van der Waals surface area contributed by atoms with Crippen LogP contribution in [0.3, 0.4) is 0 Å². The normalized spacial score (nSPS) is 17.1. The molecule has 1 aliphatic rings. The Hall–Kier alpha value is -1.59. The average molecular weight is 375 g/mol. The first-order valence-electron chi connectivity index (χ1n) is 10.6. The molecular weight excluding hydrogens is 336 g/mol. The lowest BCUT2D eigenvalue weighted by molar-refractivity contribution is 0.145. The minimum absolute atomic E-state index is 0.0788. The van der Waals surface area contributed by atoms with E-state index < -0.39 is 0 Å². The van der Waals surface area contributed by atoms with Crippen LogP contribution in [0, 0.1) is 5.92 Å². The van der Waals surface area contributed by atoms with Gasteiger partial charge in [-0.3, -0.25) is 9.80 Å². The molecule has 2 amide bonds. The molecule has 1 fully saturated rings. The Bertz CT molecular complexity index is 565. The van der Waals surface area contributed by atoms with E-state index in [9.17, 15) is 4.79 Å². The third-order valence-corrected chi connectivity index (χ3v) is 5.85. The van der Waals surface area contributed by atoms with E-state index in [0.717, 1.165) is 38.6 Å². The minimum atomic E-state index is -0.0788.